The van der Waals surface area contributed by atoms with Gasteiger partial charge in [-0.1, -0.05) is 25.4 Å². The first kappa shape index (κ1) is 16.0. The molecule has 0 aromatic carbocycles. The van der Waals surface area contributed by atoms with E-state index in [2.05, 4.69) is 10.00 Å². The van der Waals surface area contributed by atoms with Crippen molar-refractivity contribution in [1.82, 2.24) is 14.7 Å². The molecule has 0 aliphatic rings. The Morgan fingerprint density at radius 3 is 2.58 bits per heavy atom. The number of aryl methyl sites for hydroxylation is 2. The molecule has 0 bridgehead atoms. The molecule has 0 fully saturated rings. The molecule has 0 aliphatic carbocycles. The lowest BCUT2D eigenvalue weighted by molar-refractivity contribution is -0.137. The second-order valence-corrected chi connectivity index (χ2v) is 4.77. The SMILES string of the molecule is CCc1nn(CC)c(CN(CC)CCC(=O)O)c1Cl. The average molecular weight is 288 g/mol. The zero-order valence-corrected chi connectivity index (χ0v) is 12.6. The van der Waals surface area contributed by atoms with E-state index in [9.17, 15) is 4.79 Å². The number of aromatic nitrogens is 2. The topological polar surface area (TPSA) is 58.4 Å². The van der Waals surface area contributed by atoms with Gasteiger partial charge in [-0.2, -0.15) is 5.10 Å². The van der Waals surface area contributed by atoms with Gasteiger partial charge in [-0.3, -0.25) is 14.4 Å². The van der Waals surface area contributed by atoms with Crippen molar-refractivity contribution in [3.05, 3.63) is 16.4 Å². The Hall–Kier alpha value is -1.07. The third-order valence-corrected chi connectivity index (χ3v) is 3.59. The predicted molar refractivity (Wildman–Crippen MR) is 75.5 cm³/mol. The molecule has 5 nitrogen and oxygen atoms in total. The summed E-state index contributed by atoms with van der Waals surface area (Å²) in [6.45, 7) is 8.80. The van der Waals surface area contributed by atoms with Gasteiger partial charge < -0.3 is 5.11 Å². The maximum atomic E-state index is 10.6. The van der Waals surface area contributed by atoms with E-state index < -0.39 is 5.97 Å². The van der Waals surface area contributed by atoms with E-state index in [1.165, 1.54) is 0 Å². The van der Waals surface area contributed by atoms with Gasteiger partial charge in [0.15, 0.2) is 0 Å². The van der Waals surface area contributed by atoms with E-state index in [-0.39, 0.29) is 6.42 Å². The minimum atomic E-state index is -0.775. The number of carboxylic acids is 1. The fourth-order valence-corrected chi connectivity index (χ4v) is 2.31. The second kappa shape index (κ2) is 7.50. The number of carbonyl (C=O) groups is 1. The number of carboxylic acid groups (broad SMARTS) is 1. The van der Waals surface area contributed by atoms with E-state index in [1.807, 2.05) is 25.5 Å². The van der Waals surface area contributed by atoms with E-state index >= 15 is 0 Å². The van der Waals surface area contributed by atoms with Crippen LogP contribution in [0, 0.1) is 0 Å². The van der Waals surface area contributed by atoms with Crippen LogP contribution < -0.4 is 0 Å². The van der Waals surface area contributed by atoms with Gasteiger partial charge in [-0.15, -0.1) is 0 Å². The number of nitrogens with zero attached hydrogens (tertiary/aromatic N) is 3. The van der Waals surface area contributed by atoms with Gasteiger partial charge in [0.1, 0.15) is 0 Å². The molecule has 0 amide bonds. The highest BCUT2D eigenvalue weighted by atomic mass is 35.5. The summed E-state index contributed by atoms with van der Waals surface area (Å²) >= 11 is 6.35. The first-order chi connectivity index (χ1) is 9.03. The molecule has 0 radical (unpaired) electrons. The highest BCUT2D eigenvalue weighted by molar-refractivity contribution is 6.31. The van der Waals surface area contributed by atoms with Crippen molar-refractivity contribution in [2.24, 2.45) is 0 Å². The fourth-order valence-electron chi connectivity index (χ4n) is 1.98. The van der Waals surface area contributed by atoms with Crippen LogP contribution in [0.4, 0.5) is 0 Å². The van der Waals surface area contributed by atoms with Crippen molar-refractivity contribution in [3.8, 4) is 0 Å². The third kappa shape index (κ3) is 4.21. The molecule has 0 saturated carbocycles. The van der Waals surface area contributed by atoms with Crippen molar-refractivity contribution in [2.75, 3.05) is 13.1 Å². The summed E-state index contributed by atoms with van der Waals surface area (Å²) in [5.74, 6) is -0.775. The monoisotopic (exact) mass is 287 g/mol. The van der Waals surface area contributed by atoms with Crippen LogP contribution in [0.25, 0.3) is 0 Å². The summed E-state index contributed by atoms with van der Waals surface area (Å²) in [7, 11) is 0. The van der Waals surface area contributed by atoms with Crippen molar-refractivity contribution in [3.63, 3.8) is 0 Å². The van der Waals surface area contributed by atoms with Crippen LogP contribution in [0.5, 0.6) is 0 Å². The summed E-state index contributed by atoms with van der Waals surface area (Å²) in [4.78, 5) is 12.7. The Kier molecular flexibility index (Phi) is 6.31. The Labute approximate surface area is 119 Å². The van der Waals surface area contributed by atoms with Crippen molar-refractivity contribution in [2.45, 2.75) is 46.7 Å². The van der Waals surface area contributed by atoms with Crippen LogP contribution in [-0.4, -0.2) is 38.8 Å². The Balaban J connectivity index is 2.83. The van der Waals surface area contributed by atoms with Gasteiger partial charge in [-0.05, 0) is 19.9 Å². The zero-order valence-electron chi connectivity index (χ0n) is 11.8. The van der Waals surface area contributed by atoms with Gasteiger partial charge in [-0.25, -0.2) is 0 Å². The summed E-state index contributed by atoms with van der Waals surface area (Å²) in [5.41, 5.74) is 1.89. The standard InChI is InChI=1S/C13H22ClN3O2/c1-4-10-13(14)11(17(6-3)15-10)9-16(5-2)8-7-12(18)19/h4-9H2,1-3H3,(H,18,19). The van der Waals surface area contributed by atoms with Crippen LogP contribution in [0.2, 0.25) is 5.02 Å². The molecule has 0 unspecified atom stereocenters. The van der Waals surface area contributed by atoms with Crippen LogP contribution in [0.1, 0.15) is 38.6 Å². The van der Waals surface area contributed by atoms with Crippen molar-refractivity contribution >= 4 is 17.6 Å². The molecule has 6 heteroatoms. The maximum absolute atomic E-state index is 10.6. The molecule has 1 aromatic heterocycles. The minimum absolute atomic E-state index is 0.145. The van der Waals surface area contributed by atoms with Crippen LogP contribution in [-0.2, 0) is 24.3 Å². The molecular weight excluding hydrogens is 266 g/mol. The summed E-state index contributed by atoms with van der Waals surface area (Å²) in [6.07, 6.45) is 0.951. The third-order valence-electron chi connectivity index (χ3n) is 3.16. The molecule has 1 heterocycles. The maximum Gasteiger partial charge on any atom is 0.304 e. The summed E-state index contributed by atoms with van der Waals surface area (Å²) in [6, 6.07) is 0. The number of rotatable bonds is 8. The quantitative estimate of drug-likeness (QED) is 0.798. The number of hydrogen-bond acceptors (Lipinski definition) is 3. The highest BCUT2D eigenvalue weighted by Crippen LogP contribution is 2.23. The van der Waals surface area contributed by atoms with E-state index in [0.717, 1.165) is 35.9 Å². The van der Waals surface area contributed by atoms with E-state index in [4.69, 9.17) is 16.7 Å². The first-order valence-corrected chi connectivity index (χ1v) is 7.09. The van der Waals surface area contributed by atoms with E-state index in [1.54, 1.807) is 0 Å². The molecule has 0 atom stereocenters. The molecule has 0 saturated heterocycles. The molecule has 1 rings (SSSR count). The average Bonchev–Trinajstić information content (AvgIpc) is 2.70. The Bertz CT molecular complexity index is 432. The first-order valence-electron chi connectivity index (χ1n) is 6.71. The molecular formula is C13H22ClN3O2. The lowest BCUT2D eigenvalue weighted by Gasteiger charge is -2.20. The summed E-state index contributed by atoms with van der Waals surface area (Å²) < 4.78 is 1.91. The van der Waals surface area contributed by atoms with Gasteiger partial charge >= 0.3 is 5.97 Å². The highest BCUT2D eigenvalue weighted by Gasteiger charge is 2.17. The van der Waals surface area contributed by atoms with Gasteiger partial charge in [0, 0.05) is 19.6 Å². The lowest BCUT2D eigenvalue weighted by atomic mass is 10.2. The number of halogens is 1. The fraction of sp³-hybridized carbons (Fsp3) is 0.692. The number of aliphatic carboxylic acids is 1. The van der Waals surface area contributed by atoms with Gasteiger partial charge in [0.05, 0.1) is 22.8 Å². The smallest absolute Gasteiger partial charge is 0.304 e. The Morgan fingerprint density at radius 2 is 2.11 bits per heavy atom. The number of hydrogen-bond donors (Lipinski definition) is 1. The predicted octanol–water partition coefficient (Wildman–Crippen LogP) is 2.42. The van der Waals surface area contributed by atoms with Gasteiger partial charge in [0.25, 0.3) is 0 Å². The minimum Gasteiger partial charge on any atom is -0.481 e. The van der Waals surface area contributed by atoms with Crippen LogP contribution in [0.3, 0.4) is 0 Å². The molecule has 1 aromatic rings. The van der Waals surface area contributed by atoms with Crippen molar-refractivity contribution < 1.29 is 9.90 Å². The van der Waals surface area contributed by atoms with Crippen molar-refractivity contribution in [1.29, 1.82) is 0 Å². The molecule has 19 heavy (non-hydrogen) atoms. The lowest BCUT2D eigenvalue weighted by Crippen LogP contribution is -2.27. The molecule has 0 spiro atoms. The molecule has 1 N–H and O–H groups in total. The normalized spacial score (nSPS) is 11.2. The Morgan fingerprint density at radius 1 is 1.42 bits per heavy atom. The molecule has 0 aliphatic heterocycles. The van der Waals surface area contributed by atoms with E-state index in [0.29, 0.717) is 13.1 Å². The van der Waals surface area contributed by atoms with Crippen LogP contribution in [0.15, 0.2) is 0 Å². The second-order valence-electron chi connectivity index (χ2n) is 4.39. The van der Waals surface area contributed by atoms with Crippen LogP contribution >= 0.6 is 11.6 Å². The van der Waals surface area contributed by atoms with Gasteiger partial charge in [0.2, 0.25) is 0 Å². The zero-order chi connectivity index (χ0) is 14.4. The molecule has 108 valence electrons. The summed E-state index contributed by atoms with van der Waals surface area (Å²) in [5, 5.41) is 13.9. The largest absolute Gasteiger partial charge is 0.481 e.